The number of carbonyl (C=O) groups is 1. The highest BCUT2D eigenvalue weighted by Gasteiger charge is 2.20. The van der Waals surface area contributed by atoms with Crippen LogP contribution in [0.2, 0.25) is 0 Å². The van der Waals surface area contributed by atoms with E-state index in [-0.39, 0.29) is 12.0 Å². The van der Waals surface area contributed by atoms with Gasteiger partial charge in [-0.05, 0) is 31.9 Å². The lowest BCUT2D eigenvalue weighted by Gasteiger charge is -2.24. The van der Waals surface area contributed by atoms with Crippen LogP contribution in [-0.2, 0) is 15.5 Å². The number of benzene rings is 1. The van der Waals surface area contributed by atoms with Crippen LogP contribution in [0.4, 0.5) is 5.69 Å². The molecule has 0 aromatic heterocycles. The second kappa shape index (κ2) is 6.19. The molecule has 1 N–H and O–H groups in total. The number of hydrogen-bond donors (Lipinski definition) is 1. The molecule has 0 spiro atoms. The highest BCUT2D eigenvalue weighted by atomic mass is 32.2. The number of methoxy groups -OCH3 is 1. The molecule has 0 bridgehead atoms. The Labute approximate surface area is 116 Å². The molecule has 0 unspecified atom stereocenters. The molecule has 2 rings (SSSR count). The molecule has 0 atom stereocenters. The lowest BCUT2D eigenvalue weighted by Crippen LogP contribution is -2.30. The van der Waals surface area contributed by atoms with E-state index in [1.807, 2.05) is 25.1 Å². The van der Waals surface area contributed by atoms with Crippen molar-refractivity contribution in [1.82, 2.24) is 0 Å². The van der Waals surface area contributed by atoms with E-state index in [9.17, 15) is 9.00 Å². The molecule has 0 radical (unpaired) electrons. The van der Waals surface area contributed by atoms with Crippen molar-refractivity contribution < 1.29 is 13.7 Å². The molecule has 1 aromatic carbocycles. The topological polar surface area (TPSA) is 55.4 Å². The molecule has 0 saturated carbocycles. The summed E-state index contributed by atoms with van der Waals surface area (Å²) in [5.41, 5.74) is 2.39. The average molecular weight is 281 g/mol. The minimum Gasteiger partial charge on any atom is -0.465 e. The van der Waals surface area contributed by atoms with E-state index >= 15 is 0 Å². The van der Waals surface area contributed by atoms with Crippen molar-refractivity contribution in [2.75, 3.05) is 23.9 Å². The van der Waals surface area contributed by atoms with Gasteiger partial charge >= 0.3 is 5.97 Å². The minimum atomic E-state index is -0.670. The van der Waals surface area contributed by atoms with Gasteiger partial charge in [0, 0.05) is 34.0 Å². The molecule has 1 saturated heterocycles. The van der Waals surface area contributed by atoms with Crippen LogP contribution >= 0.6 is 0 Å². The number of aryl methyl sites for hydroxylation is 1. The fourth-order valence-electron chi connectivity index (χ4n) is 2.22. The predicted molar refractivity (Wildman–Crippen MR) is 77.0 cm³/mol. The van der Waals surface area contributed by atoms with Gasteiger partial charge in [0.25, 0.3) is 0 Å². The van der Waals surface area contributed by atoms with Crippen LogP contribution < -0.4 is 5.32 Å². The van der Waals surface area contributed by atoms with E-state index in [1.54, 1.807) is 0 Å². The Morgan fingerprint density at radius 1 is 1.37 bits per heavy atom. The Bertz CT molecular complexity index is 491. The number of ether oxygens (including phenoxy) is 1. The molecule has 1 heterocycles. The third kappa shape index (κ3) is 3.56. The van der Waals surface area contributed by atoms with Crippen LogP contribution in [0.15, 0.2) is 18.2 Å². The number of esters is 1. The van der Waals surface area contributed by atoms with Gasteiger partial charge < -0.3 is 10.1 Å². The number of hydrogen-bond acceptors (Lipinski definition) is 4. The van der Waals surface area contributed by atoms with Crippen LogP contribution in [0, 0.1) is 6.92 Å². The van der Waals surface area contributed by atoms with Crippen molar-refractivity contribution in [3.63, 3.8) is 0 Å². The summed E-state index contributed by atoms with van der Waals surface area (Å²) >= 11 is 0. The molecular weight excluding hydrogens is 262 g/mol. The van der Waals surface area contributed by atoms with Gasteiger partial charge in [-0.1, -0.05) is 11.6 Å². The van der Waals surface area contributed by atoms with E-state index in [2.05, 4.69) is 5.32 Å². The van der Waals surface area contributed by atoms with Gasteiger partial charge in [0.2, 0.25) is 0 Å². The third-order valence-electron chi connectivity index (χ3n) is 3.33. The largest absolute Gasteiger partial charge is 0.465 e. The van der Waals surface area contributed by atoms with Gasteiger partial charge in [-0.25, -0.2) is 4.79 Å². The molecular formula is C14H19NO3S. The maximum absolute atomic E-state index is 11.8. The SMILES string of the molecule is COC(=O)c1cc(C)ccc1NC1CCS(=O)CC1. The van der Waals surface area contributed by atoms with Crippen LogP contribution in [-0.4, -0.2) is 34.8 Å². The minimum absolute atomic E-state index is 0.281. The number of anilines is 1. The Kier molecular flexibility index (Phi) is 4.58. The second-order valence-electron chi connectivity index (χ2n) is 4.81. The van der Waals surface area contributed by atoms with Gasteiger partial charge in [-0.2, -0.15) is 0 Å². The molecule has 0 aliphatic carbocycles. The quantitative estimate of drug-likeness (QED) is 0.862. The van der Waals surface area contributed by atoms with Crippen molar-refractivity contribution in [1.29, 1.82) is 0 Å². The first-order valence-corrected chi connectivity index (χ1v) is 7.89. The first-order chi connectivity index (χ1) is 9.10. The Morgan fingerprint density at radius 2 is 2.05 bits per heavy atom. The summed E-state index contributed by atoms with van der Waals surface area (Å²) in [5.74, 6) is 1.14. The van der Waals surface area contributed by atoms with E-state index < -0.39 is 10.8 Å². The monoisotopic (exact) mass is 281 g/mol. The van der Waals surface area contributed by atoms with Crippen LogP contribution in [0.5, 0.6) is 0 Å². The summed E-state index contributed by atoms with van der Waals surface area (Å²) in [7, 11) is 0.717. The van der Waals surface area contributed by atoms with Crippen LogP contribution in [0.25, 0.3) is 0 Å². The zero-order valence-electron chi connectivity index (χ0n) is 11.3. The van der Waals surface area contributed by atoms with E-state index in [0.717, 1.165) is 35.6 Å². The molecule has 1 aromatic rings. The summed E-state index contributed by atoms with van der Waals surface area (Å²) in [4.78, 5) is 11.8. The predicted octanol–water partition coefficient (Wildman–Crippen LogP) is 2.10. The van der Waals surface area contributed by atoms with Gasteiger partial charge in [0.1, 0.15) is 0 Å². The van der Waals surface area contributed by atoms with E-state index in [4.69, 9.17) is 4.74 Å². The summed E-state index contributed by atoms with van der Waals surface area (Å²) in [6.45, 7) is 1.94. The molecule has 104 valence electrons. The Balaban J connectivity index is 2.15. The molecule has 5 heteroatoms. The summed E-state index contributed by atoms with van der Waals surface area (Å²) < 4.78 is 16.1. The highest BCUT2D eigenvalue weighted by Crippen LogP contribution is 2.22. The molecule has 1 aliphatic heterocycles. The first kappa shape index (κ1) is 14.1. The summed E-state index contributed by atoms with van der Waals surface area (Å²) in [5, 5.41) is 3.38. The maximum Gasteiger partial charge on any atom is 0.339 e. The zero-order chi connectivity index (χ0) is 13.8. The van der Waals surface area contributed by atoms with Gasteiger partial charge in [0.05, 0.1) is 12.7 Å². The van der Waals surface area contributed by atoms with Crippen molar-refractivity contribution in [3.05, 3.63) is 29.3 Å². The lowest BCUT2D eigenvalue weighted by molar-refractivity contribution is 0.0601. The normalized spacial score (nSPS) is 22.8. The van der Waals surface area contributed by atoms with E-state index in [1.165, 1.54) is 7.11 Å². The molecule has 19 heavy (non-hydrogen) atoms. The molecule has 1 fully saturated rings. The fraction of sp³-hybridized carbons (Fsp3) is 0.500. The fourth-order valence-corrected chi connectivity index (χ4v) is 3.52. The van der Waals surface area contributed by atoms with Crippen LogP contribution in [0.1, 0.15) is 28.8 Å². The zero-order valence-corrected chi connectivity index (χ0v) is 12.1. The summed E-state index contributed by atoms with van der Waals surface area (Å²) in [6, 6.07) is 5.99. The number of rotatable bonds is 3. The van der Waals surface area contributed by atoms with Crippen molar-refractivity contribution in [2.24, 2.45) is 0 Å². The maximum atomic E-state index is 11.8. The Morgan fingerprint density at radius 3 is 2.68 bits per heavy atom. The molecule has 0 amide bonds. The average Bonchev–Trinajstić information content (AvgIpc) is 2.42. The van der Waals surface area contributed by atoms with Gasteiger partial charge in [-0.3, -0.25) is 4.21 Å². The first-order valence-electron chi connectivity index (χ1n) is 6.40. The van der Waals surface area contributed by atoms with Gasteiger partial charge in [0.15, 0.2) is 0 Å². The van der Waals surface area contributed by atoms with Gasteiger partial charge in [-0.15, -0.1) is 0 Å². The second-order valence-corrected chi connectivity index (χ2v) is 6.50. The van der Waals surface area contributed by atoms with Crippen LogP contribution in [0.3, 0.4) is 0 Å². The molecule has 1 aliphatic rings. The van der Waals surface area contributed by atoms with Crippen molar-refractivity contribution in [2.45, 2.75) is 25.8 Å². The van der Waals surface area contributed by atoms with E-state index in [0.29, 0.717) is 5.56 Å². The molecule has 4 nitrogen and oxygen atoms in total. The lowest BCUT2D eigenvalue weighted by atomic mass is 10.1. The van der Waals surface area contributed by atoms with Crippen molar-refractivity contribution in [3.8, 4) is 0 Å². The summed E-state index contributed by atoms with van der Waals surface area (Å²) in [6.07, 6.45) is 1.75. The standard InChI is InChI=1S/C14H19NO3S/c1-10-3-4-13(12(9-10)14(16)18-2)15-11-5-7-19(17)8-6-11/h3-4,9,11,15H,5-8H2,1-2H3. The van der Waals surface area contributed by atoms with Crippen molar-refractivity contribution >= 4 is 22.5 Å². The highest BCUT2D eigenvalue weighted by molar-refractivity contribution is 7.85. The number of carbonyl (C=O) groups excluding carboxylic acids is 1. The third-order valence-corrected chi connectivity index (χ3v) is 4.71. The smallest absolute Gasteiger partial charge is 0.339 e. The number of nitrogens with one attached hydrogen (secondary N) is 1. The Hall–Kier alpha value is -1.36.